The standard InChI is InChI=1S/C58H64O30/c1-76-34-16-25(17-35(77-2)42(34)67)9-15-41(66)86-54-52(87-56-50(75)47(72)44(69)38(21-60)84-56)31(64)22-79-57(54)88-53-48(73)45(70)39(23-78-40(65)14-8-24-6-11-27(61)12-7-24)85-58(53)82-36-19-28-32(80-51(36)26-10-13-29(62)30(63)18-26)4-3-5-33(28)81-55-49(74)46(71)43(68)37(20-59)83-55/h3-19,31,37-39,43-50,52-60,64,68-75H,20-23H2,1-2H3,(H3-,61,62,63,65,66,67)/p+1/t31-,37-,38-,39-,43-,44-,45-,46+,47+,48+,49-,50-,52+,53-,54-,55-,56+,57+,58-/m1/s1. The van der Waals surface area contributed by atoms with Crippen LogP contribution in [0.1, 0.15) is 11.1 Å². The minimum atomic E-state index is -2.21. The number of phenols is 4. The van der Waals surface area contributed by atoms with Crippen LogP contribution >= 0.6 is 0 Å². The predicted molar refractivity (Wildman–Crippen MR) is 293 cm³/mol. The quantitative estimate of drug-likeness (QED) is 0.0180. The lowest BCUT2D eigenvalue weighted by Gasteiger charge is -2.47. The Labute approximate surface area is 498 Å². The molecule has 0 spiro atoms. The molecule has 0 aliphatic carbocycles. The van der Waals surface area contributed by atoms with Gasteiger partial charge in [-0.05, 0) is 71.8 Å². The van der Waals surface area contributed by atoms with Crippen LogP contribution in [-0.2, 0) is 47.5 Å². The lowest BCUT2D eigenvalue weighted by Crippen LogP contribution is -2.66. The van der Waals surface area contributed by atoms with Crippen LogP contribution in [0.3, 0.4) is 0 Å². The number of aromatic hydroxyl groups is 4. The molecule has 5 aromatic rings. The van der Waals surface area contributed by atoms with Gasteiger partial charge in [-0.25, -0.2) is 14.0 Å². The summed E-state index contributed by atoms with van der Waals surface area (Å²) in [6, 6.07) is 17.4. The van der Waals surface area contributed by atoms with Gasteiger partial charge in [0, 0.05) is 30.4 Å². The van der Waals surface area contributed by atoms with Gasteiger partial charge in [0.25, 0.3) is 0 Å². The Kier molecular flexibility index (Phi) is 20.9. The third-order valence-electron chi connectivity index (χ3n) is 14.6. The SMILES string of the molecule is COc1cc(C=CC(=O)O[C@H]2[C@H](O[C@H]3[C@H](Oc4cc5c(O[C@@H]6O[C@H](CO)[C@@H](O)[C@H](O)[C@H]6O)cccc5[o+]c4-c4ccc(O)c(O)c4)O[C@H](COC(=O)C=Cc4ccc(O)cc4)[C@@H](O)[C@@H]3O)OC[C@@H](O)[C@@H]2O[C@@H]2O[C@H](CO)[C@@H](O)[C@H](O)[C@H]2O)cc(OC)c1O. The molecule has 4 aromatic carbocycles. The molecule has 88 heavy (non-hydrogen) atoms. The lowest BCUT2D eigenvalue weighted by molar-refractivity contribution is -0.369. The van der Waals surface area contributed by atoms with Gasteiger partial charge in [-0.15, -0.1) is 0 Å². The van der Waals surface area contributed by atoms with Crippen molar-refractivity contribution in [3.63, 3.8) is 0 Å². The van der Waals surface area contributed by atoms with Gasteiger partial charge >= 0.3 is 23.3 Å². The van der Waals surface area contributed by atoms with E-state index in [9.17, 15) is 86.2 Å². The summed E-state index contributed by atoms with van der Waals surface area (Å²) < 4.78 is 76.5. The molecular formula is C58H65O30+. The summed E-state index contributed by atoms with van der Waals surface area (Å²) in [4.78, 5) is 27.2. The Hall–Kier alpha value is -7.57. The highest BCUT2D eigenvalue weighted by Gasteiger charge is 2.55. The number of methoxy groups -OCH3 is 2. The molecule has 0 radical (unpaired) electrons. The van der Waals surface area contributed by atoms with Crippen LogP contribution in [-0.4, -0.2) is 246 Å². The second kappa shape index (κ2) is 28.3. The van der Waals surface area contributed by atoms with E-state index in [1.54, 1.807) is 0 Å². The summed E-state index contributed by atoms with van der Waals surface area (Å²) >= 11 is 0. The van der Waals surface area contributed by atoms with E-state index < -0.39 is 172 Å². The number of esters is 2. The van der Waals surface area contributed by atoms with Crippen molar-refractivity contribution in [2.45, 2.75) is 117 Å². The minimum absolute atomic E-state index is 0.00535. The molecule has 30 heteroatoms. The highest BCUT2D eigenvalue weighted by atomic mass is 16.8. The maximum Gasteiger partial charge on any atom is 0.402 e. The molecule has 0 amide bonds. The molecule has 4 aliphatic rings. The van der Waals surface area contributed by atoms with Crippen molar-refractivity contribution in [1.82, 2.24) is 0 Å². The second-order valence-electron chi connectivity index (χ2n) is 20.5. The second-order valence-corrected chi connectivity index (χ2v) is 20.5. The molecule has 1 aromatic heterocycles. The van der Waals surface area contributed by atoms with Gasteiger partial charge < -0.3 is 133 Å². The largest absolute Gasteiger partial charge is 0.508 e. The van der Waals surface area contributed by atoms with Gasteiger partial charge in [0.05, 0.1) is 39.6 Å². The van der Waals surface area contributed by atoms with Crippen LogP contribution in [0.2, 0.25) is 0 Å². The third kappa shape index (κ3) is 14.3. The summed E-state index contributed by atoms with van der Waals surface area (Å²) in [5.41, 5.74) is 0.668. The third-order valence-corrected chi connectivity index (χ3v) is 14.6. The first-order valence-electron chi connectivity index (χ1n) is 27.1. The van der Waals surface area contributed by atoms with Gasteiger partial charge in [-0.3, -0.25) is 0 Å². The summed E-state index contributed by atoms with van der Waals surface area (Å²) in [6.07, 6.45) is -31.8. The first kappa shape index (κ1) is 64.9. The maximum absolute atomic E-state index is 14.0. The zero-order valence-electron chi connectivity index (χ0n) is 46.4. The molecule has 0 saturated carbocycles. The number of rotatable bonds is 20. The first-order valence-corrected chi connectivity index (χ1v) is 27.1. The molecule has 4 saturated heterocycles. The summed E-state index contributed by atoms with van der Waals surface area (Å²) in [5, 5.41) is 161. The number of carbonyl (C=O) groups is 2. The van der Waals surface area contributed by atoms with Crippen molar-refractivity contribution in [3.8, 4) is 57.3 Å². The average Bonchev–Trinajstić information content (AvgIpc) is 2.16. The number of carbonyl (C=O) groups excluding carboxylic acids is 2. The van der Waals surface area contributed by atoms with Gasteiger partial charge in [0.15, 0.2) is 47.8 Å². The molecule has 0 bridgehead atoms. The number of aliphatic hydroxyl groups excluding tert-OH is 11. The minimum Gasteiger partial charge on any atom is -0.508 e. The predicted octanol–water partition coefficient (Wildman–Crippen LogP) is -1.61. The van der Waals surface area contributed by atoms with Crippen molar-refractivity contribution in [2.24, 2.45) is 0 Å². The van der Waals surface area contributed by atoms with E-state index in [0.717, 1.165) is 24.3 Å². The molecule has 5 heterocycles. The van der Waals surface area contributed by atoms with E-state index in [4.69, 9.17) is 61.3 Å². The fourth-order valence-corrected chi connectivity index (χ4v) is 9.83. The van der Waals surface area contributed by atoms with Crippen LogP contribution in [0.5, 0.6) is 46.0 Å². The smallest absolute Gasteiger partial charge is 0.402 e. The topological polar surface area (TPSA) is 460 Å². The Bertz CT molecular complexity index is 3240. The van der Waals surface area contributed by atoms with Crippen molar-refractivity contribution in [3.05, 3.63) is 102 Å². The van der Waals surface area contributed by atoms with E-state index in [1.807, 2.05) is 0 Å². The summed E-state index contributed by atoms with van der Waals surface area (Å²) in [5.74, 6) is -4.78. The Balaban J connectivity index is 1.11. The van der Waals surface area contributed by atoms with Gasteiger partial charge in [0.2, 0.25) is 24.1 Å². The number of hydrogen-bond donors (Lipinski definition) is 15. The van der Waals surface area contributed by atoms with Gasteiger partial charge in [-0.1, -0.05) is 12.1 Å². The van der Waals surface area contributed by atoms with Crippen LogP contribution in [0.15, 0.2) is 95.4 Å². The molecule has 4 fully saturated rings. The van der Waals surface area contributed by atoms with Crippen molar-refractivity contribution in [2.75, 3.05) is 40.6 Å². The van der Waals surface area contributed by atoms with Crippen molar-refractivity contribution in [1.29, 1.82) is 0 Å². The van der Waals surface area contributed by atoms with Crippen LogP contribution in [0.25, 0.3) is 34.4 Å². The number of fused-ring (bicyclic) bond motifs is 1. The van der Waals surface area contributed by atoms with E-state index in [2.05, 4.69) is 0 Å². The Morgan fingerprint density at radius 2 is 1.15 bits per heavy atom. The number of benzene rings is 4. The number of hydrogen-bond acceptors (Lipinski definition) is 29. The molecular weight excluding hydrogens is 1180 g/mol. The molecule has 476 valence electrons. The molecule has 4 aliphatic heterocycles. The van der Waals surface area contributed by atoms with Crippen LogP contribution < -0.4 is 18.9 Å². The molecule has 9 rings (SSSR count). The van der Waals surface area contributed by atoms with E-state index >= 15 is 0 Å². The molecule has 30 nitrogen and oxygen atoms in total. The zero-order chi connectivity index (χ0) is 63.2. The summed E-state index contributed by atoms with van der Waals surface area (Å²) in [7, 11) is 2.52. The fraction of sp³-hybridized carbons (Fsp3) is 0.431. The normalized spacial score (nSPS) is 31.8. The van der Waals surface area contributed by atoms with Crippen molar-refractivity contribution < 1.29 is 147 Å². The van der Waals surface area contributed by atoms with E-state index in [-0.39, 0.29) is 56.6 Å². The molecule has 0 unspecified atom stereocenters. The average molecular weight is 1240 g/mol. The Morgan fingerprint density at radius 1 is 0.557 bits per heavy atom. The maximum atomic E-state index is 14.0. The number of aliphatic hydroxyl groups is 11. The highest BCUT2D eigenvalue weighted by Crippen LogP contribution is 2.43. The van der Waals surface area contributed by atoms with E-state index in [1.165, 1.54) is 93.1 Å². The lowest BCUT2D eigenvalue weighted by atomic mass is 9.97. The van der Waals surface area contributed by atoms with Gasteiger partial charge in [0.1, 0.15) is 103 Å². The van der Waals surface area contributed by atoms with E-state index in [0.29, 0.717) is 5.56 Å². The highest BCUT2D eigenvalue weighted by molar-refractivity contribution is 5.89. The van der Waals surface area contributed by atoms with Gasteiger partial charge in [-0.2, -0.15) is 0 Å². The Morgan fingerprint density at radius 3 is 1.80 bits per heavy atom. The van der Waals surface area contributed by atoms with Crippen molar-refractivity contribution >= 4 is 35.1 Å². The number of phenolic OH excluding ortho intramolecular Hbond substituents is 4. The molecule has 19 atom stereocenters. The van der Waals surface area contributed by atoms with Crippen LogP contribution in [0, 0.1) is 0 Å². The number of ether oxygens (including phenoxy) is 12. The van der Waals surface area contributed by atoms with Crippen LogP contribution in [0.4, 0.5) is 0 Å². The molecule has 15 N–H and O–H groups in total. The summed E-state index contributed by atoms with van der Waals surface area (Å²) in [6.45, 7) is -3.29. The monoisotopic (exact) mass is 1240 g/mol. The first-order chi connectivity index (χ1) is 42.1. The fourth-order valence-electron chi connectivity index (χ4n) is 9.83. The zero-order valence-corrected chi connectivity index (χ0v) is 46.4.